The van der Waals surface area contributed by atoms with Crippen molar-refractivity contribution in [1.82, 2.24) is 0 Å². The Labute approximate surface area is 120 Å². The van der Waals surface area contributed by atoms with Gasteiger partial charge in [-0.3, -0.25) is 0 Å². The van der Waals surface area contributed by atoms with E-state index >= 15 is 0 Å². The molecule has 0 aromatic heterocycles. The molecule has 108 valence electrons. The van der Waals surface area contributed by atoms with Gasteiger partial charge in [-0.05, 0) is 47.0 Å². The second-order valence-corrected chi connectivity index (χ2v) is 4.84. The highest BCUT2D eigenvalue weighted by Gasteiger charge is 2.10. The molecule has 0 saturated carbocycles. The number of halogens is 3. The van der Waals surface area contributed by atoms with Gasteiger partial charge in [0.05, 0.1) is 11.1 Å². The van der Waals surface area contributed by atoms with Gasteiger partial charge in [0.15, 0.2) is 0 Å². The van der Waals surface area contributed by atoms with Crippen molar-refractivity contribution in [1.29, 1.82) is 0 Å². The summed E-state index contributed by atoms with van der Waals surface area (Å²) in [4.78, 5) is 0. The summed E-state index contributed by atoms with van der Waals surface area (Å²) in [5.74, 6) is 0.757. The molecule has 0 amide bonds. The highest BCUT2D eigenvalue weighted by molar-refractivity contribution is 9.10. The van der Waals surface area contributed by atoms with Gasteiger partial charge in [-0.1, -0.05) is 6.07 Å². The summed E-state index contributed by atoms with van der Waals surface area (Å²) in [6.45, 7) is 2.17. The molecule has 0 bridgehead atoms. The van der Waals surface area contributed by atoms with Crippen LogP contribution in [-0.2, 0) is 4.74 Å². The smallest absolute Gasteiger partial charge is 0.261 e. The van der Waals surface area contributed by atoms with Crippen LogP contribution in [-0.4, -0.2) is 26.2 Å². The molecule has 0 saturated heterocycles. The molecule has 1 aromatic rings. The largest absolute Gasteiger partial charge is 0.493 e. The molecular weight excluding hydrogens is 320 g/mol. The summed E-state index contributed by atoms with van der Waals surface area (Å²) in [6.07, 6.45) is -1.94. The van der Waals surface area contributed by atoms with Gasteiger partial charge >= 0.3 is 0 Å². The van der Waals surface area contributed by atoms with Crippen LogP contribution in [0.3, 0.4) is 0 Å². The first-order valence-corrected chi connectivity index (χ1v) is 6.87. The van der Waals surface area contributed by atoms with Crippen LogP contribution in [0.5, 0.6) is 5.75 Å². The molecule has 1 rings (SSSR count). The van der Waals surface area contributed by atoms with Crippen LogP contribution < -0.4 is 10.5 Å². The molecule has 0 radical (unpaired) electrons. The third kappa shape index (κ3) is 5.84. The predicted molar refractivity (Wildman–Crippen MR) is 73.7 cm³/mol. The molecule has 3 nitrogen and oxygen atoms in total. The fourth-order valence-electron chi connectivity index (χ4n) is 1.57. The van der Waals surface area contributed by atoms with Gasteiger partial charge in [-0.25, -0.2) is 8.78 Å². The van der Waals surface area contributed by atoms with Gasteiger partial charge in [0.25, 0.3) is 6.43 Å². The van der Waals surface area contributed by atoms with Crippen LogP contribution in [0.2, 0.25) is 0 Å². The summed E-state index contributed by atoms with van der Waals surface area (Å²) >= 11 is 3.41. The van der Waals surface area contributed by atoms with Gasteiger partial charge in [0.2, 0.25) is 0 Å². The van der Waals surface area contributed by atoms with Crippen LogP contribution in [0.4, 0.5) is 8.78 Å². The summed E-state index contributed by atoms with van der Waals surface area (Å²) in [7, 11) is 0. The topological polar surface area (TPSA) is 44.5 Å². The van der Waals surface area contributed by atoms with Crippen LogP contribution in [0.1, 0.15) is 24.9 Å². The molecule has 2 N–H and O–H groups in total. The monoisotopic (exact) mass is 337 g/mol. The Bertz CT molecular complexity index is 391. The van der Waals surface area contributed by atoms with Crippen molar-refractivity contribution < 1.29 is 18.3 Å². The first kappa shape index (κ1) is 16.3. The number of ether oxygens (including phenoxy) is 2. The number of rotatable bonds is 8. The van der Waals surface area contributed by atoms with Crippen molar-refractivity contribution in [3.05, 3.63) is 28.2 Å². The van der Waals surface area contributed by atoms with E-state index in [1.54, 1.807) is 0 Å². The van der Waals surface area contributed by atoms with Crippen molar-refractivity contribution in [3.63, 3.8) is 0 Å². The zero-order valence-corrected chi connectivity index (χ0v) is 12.3. The summed E-state index contributed by atoms with van der Waals surface area (Å²) in [6, 6.07) is 5.34. The van der Waals surface area contributed by atoms with E-state index in [1.165, 1.54) is 0 Å². The minimum absolute atomic E-state index is 0.219. The second-order valence-electron chi connectivity index (χ2n) is 3.98. The fourth-order valence-corrected chi connectivity index (χ4v) is 2.08. The lowest BCUT2D eigenvalue weighted by Gasteiger charge is -2.14. The fraction of sp³-hybridized carbons (Fsp3) is 0.538. The molecule has 0 aliphatic carbocycles. The Kier molecular flexibility index (Phi) is 7.27. The minimum atomic E-state index is -2.43. The van der Waals surface area contributed by atoms with E-state index in [9.17, 15) is 8.78 Å². The van der Waals surface area contributed by atoms with Crippen molar-refractivity contribution in [2.24, 2.45) is 5.73 Å². The van der Waals surface area contributed by atoms with Crippen LogP contribution in [0.15, 0.2) is 22.7 Å². The van der Waals surface area contributed by atoms with Gasteiger partial charge in [0.1, 0.15) is 12.4 Å². The van der Waals surface area contributed by atoms with Crippen molar-refractivity contribution >= 4 is 15.9 Å². The zero-order chi connectivity index (χ0) is 14.3. The second kappa shape index (κ2) is 8.45. The third-order valence-electron chi connectivity index (χ3n) is 2.50. The first-order valence-electron chi connectivity index (χ1n) is 6.08. The van der Waals surface area contributed by atoms with E-state index < -0.39 is 13.0 Å². The Balaban J connectivity index is 2.48. The Hall–Kier alpha value is -0.720. The number of alkyl halides is 2. The summed E-state index contributed by atoms with van der Waals surface area (Å²) in [5, 5.41) is 0. The lowest BCUT2D eigenvalue weighted by atomic mass is 10.1. The van der Waals surface area contributed by atoms with Gasteiger partial charge in [-0.15, -0.1) is 0 Å². The quantitative estimate of drug-likeness (QED) is 0.738. The summed E-state index contributed by atoms with van der Waals surface area (Å²) in [5.41, 5.74) is 6.89. The number of hydrogen-bond acceptors (Lipinski definition) is 3. The van der Waals surface area contributed by atoms with E-state index in [-0.39, 0.29) is 12.6 Å². The maximum absolute atomic E-state index is 11.9. The zero-order valence-electron chi connectivity index (χ0n) is 10.7. The van der Waals surface area contributed by atoms with Gasteiger partial charge in [0, 0.05) is 12.6 Å². The van der Waals surface area contributed by atoms with Gasteiger partial charge in [-0.2, -0.15) is 0 Å². The standard InChI is InChI=1S/C13H18BrF2NO2/c1-2-19-12-4-3-9(7-10(12)14)11(17)5-6-18-8-13(15)16/h3-4,7,11,13H,2,5-6,8,17H2,1H3. The highest BCUT2D eigenvalue weighted by atomic mass is 79.9. The van der Waals surface area contributed by atoms with E-state index in [2.05, 4.69) is 15.9 Å². The van der Waals surface area contributed by atoms with E-state index in [4.69, 9.17) is 15.2 Å². The average Bonchev–Trinajstić information content (AvgIpc) is 2.36. The Morgan fingerprint density at radius 3 is 2.68 bits per heavy atom. The van der Waals surface area contributed by atoms with Gasteiger partial charge < -0.3 is 15.2 Å². The molecule has 0 aliphatic heterocycles. The molecule has 1 atom stereocenters. The molecule has 0 fully saturated rings. The van der Waals surface area contributed by atoms with Crippen LogP contribution in [0.25, 0.3) is 0 Å². The molecular formula is C13H18BrF2NO2. The molecule has 0 spiro atoms. The lowest BCUT2D eigenvalue weighted by molar-refractivity contribution is 0.0152. The minimum Gasteiger partial charge on any atom is -0.493 e. The van der Waals surface area contributed by atoms with E-state index in [0.29, 0.717) is 13.0 Å². The average molecular weight is 338 g/mol. The van der Waals surface area contributed by atoms with Crippen LogP contribution >= 0.6 is 15.9 Å². The number of hydrogen-bond donors (Lipinski definition) is 1. The normalized spacial score (nSPS) is 12.7. The summed E-state index contributed by atoms with van der Waals surface area (Å²) < 4.78 is 34.8. The molecule has 0 aliphatic rings. The third-order valence-corrected chi connectivity index (χ3v) is 3.12. The maximum atomic E-state index is 11.9. The van der Waals surface area contributed by atoms with Crippen LogP contribution in [0, 0.1) is 0 Å². The highest BCUT2D eigenvalue weighted by Crippen LogP contribution is 2.28. The molecule has 19 heavy (non-hydrogen) atoms. The molecule has 1 unspecified atom stereocenters. The number of benzene rings is 1. The molecule has 0 heterocycles. The lowest BCUT2D eigenvalue weighted by Crippen LogP contribution is -2.15. The Morgan fingerprint density at radius 2 is 2.11 bits per heavy atom. The van der Waals surface area contributed by atoms with Crippen molar-refractivity contribution in [2.75, 3.05) is 19.8 Å². The van der Waals surface area contributed by atoms with Crippen molar-refractivity contribution in [2.45, 2.75) is 25.8 Å². The number of nitrogens with two attached hydrogens (primary N) is 1. The SMILES string of the molecule is CCOc1ccc(C(N)CCOCC(F)F)cc1Br. The molecule has 1 aromatic carbocycles. The first-order chi connectivity index (χ1) is 9.04. The maximum Gasteiger partial charge on any atom is 0.261 e. The van der Waals surface area contributed by atoms with E-state index in [0.717, 1.165) is 15.8 Å². The Morgan fingerprint density at radius 1 is 1.37 bits per heavy atom. The predicted octanol–water partition coefficient (Wildman–Crippen LogP) is 3.52. The van der Waals surface area contributed by atoms with Crippen molar-refractivity contribution in [3.8, 4) is 5.75 Å². The molecule has 6 heteroatoms. The van der Waals surface area contributed by atoms with E-state index in [1.807, 2.05) is 25.1 Å².